The Labute approximate surface area is 158 Å². The molecule has 0 aromatic heterocycles. The van der Waals surface area contributed by atoms with E-state index in [1.165, 1.54) is 38.9 Å². The van der Waals surface area contributed by atoms with Crippen molar-refractivity contribution in [2.45, 2.75) is 30.1 Å². The maximum Gasteiger partial charge on any atom is 0.338 e. The predicted molar refractivity (Wildman–Crippen MR) is 108 cm³/mol. The van der Waals surface area contributed by atoms with Crippen molar-refractivity contribution in [3.63, 3.8) is 0 Å². The van der Waals surface area contributed by atoms with Crippen molar-refractivity contribution in [1.29, 1.82) is 0 Å². The fourth-order valence-electron chi connectivity index (χ4n) is 2.67. The summed E-state index contributed by atoms with van der Waals surface area (Å²) in [5.74, 6) is 2.14. The summed E-state index contributed by atoms with van der Waals surface area (Å²) in [7, 11) is 0. The monoisotopic (exact) mass is 370 g/mol. The summed E-state index contributed by atoms with van der Waals surface area (Å²) in [5.41, 5.74) is 4.15. The number of rotatable bonds is 4. The maximum atomic E-state index is 11.7. The van der Waals surface area contributed by atoms with Crippen LogP contribution in [0.1, 0.15) is 41.8 Å². The van der Waals surface area contributed by atoms with Gasteiger partial charge in [-0.1, -0.05) is 24.3 Å². The number of carbonyl (C=O) groups excluding carboxylic acids is 1. The number of thioether (sulfide) groups is 2. The average molecular weight is 371 g/mol. The second-order valence-electron chi connectivity index (χ2n) is 5.88. The molecule has 25 heavy (non-hydrogen) atoms. The summed E-state index contributed by atoms with van der Waals surface area (Å²) in [6, 6.07) is 14.3. The van der Waals surface area contributed by atoms with Crippen LogP contribution in [0.4, 0.5) is 0 Å². The average Bonchev–Trinajstić information content (AvgIpc) is 2.87. The fourth-order valence-corrected chi connectivity index (χ4v) is 5.01. The molecule has 0 amide bonds. The first kappa shape index (κ1) is 18.2. The van der Waals surface area contributed by atoms with Gasteiger partial charge in [0.05, 0.1) is 12.2 Å². The lowest BCUT2D eigenvalue weighted by molar-refractivity contribution is 0.0526. The van der Waals surface area contributed by atoms with Gasteiger partial charge in [0.25, 0.3) is 0 Å². The summed E-state index contributed by atoms with van der Waals surface area (Å²) in [6.07, 6.45) is 3.42. The third-order valence-corrected chi connectivity index (χ3v) is 6.44. The van der Waals surface area contributed by atoms with Crippen molar-refractivity contribution in [1.82, 2.24) is 0 Å². The zero-order valence-corrected chi connectivity index (χ0v) is 16.2. The van der Waals surface area contributed by atoms with Crippen LogP contribution in [-0.4, -0.2) is 24.1 Å². The third-order valence-electron chi connectivity index (χ3n) is 4.01. The molecule has 1 aliphatic heterocycles. The quantitative estimate of drug-likeness (QED) is 0.486. The highest BCUT2D eigenvalue weighted by molar-refractivity contribution is 8.03. The molecule has 2 aromatic carbocycles. The van der Waals surface area contributed by atoms with Gasteiger partial charge in [0, 0.05) is 9.79 Å². The van der Waals surface area contributed by atoms with Gasteiger partial charge in [-0.15, -0.1) is 23.5 Å². The highest BCUT2D eigenvalue weighted by Gasteiger charge is 2.10. The maximum absolute atomic E-state index is 11.7. The highest BCUT2D eigenvalue weighted by Crippen LogP contribution is 2.37. The molecule has 0 radical (unpaired) electrons. The van der Waals surface area contributed by atoms with Gasteiger partial charge in [-0.3, -0.25) is 0 Å². The molecule has 4 heteroatoms. The zero-order chi connectivity index (χ0) is 17.6. The number of ether oxygens (including phenoxy) is 1. The van der Waals surface area contributed by atoms with E-state index < -0.39 is 0 Å². The molecule has 1 heterocycles. The Hall–Kier alpha value is -1.65. The topological polar surface area (TPSA) is 26.3 Å². The van der Waals surface area contributed by atoms with Gasteiger partial charge in [-0.05, 0) is 72.7 Å². The molecule has 0 aliphatic carbocycles. The van der Waals surface area contributed by atoms with Gasteiger partial charge in [0.2, 0.25) is 0 Å². The molecule has 0 unspecified atom stereocenters. The van der Waals surface area contributed by atoms with Crippen molar-refractivity contribution in [2.24, 2.45) is 0 Å². The van der Waals surface area contributed by atoms with Crippen LogP contribution in [0.25, 0.3) is 11.6 Å². The zero-order valence-electron chi connectivity index (χ0n) is 14.6. The van der Waals surface area contributed by atoms with E-state index >= 15 is 0 Å². The standard InChI is InChI=1S/C21H22O2S2/c1-3-23-21(22)17-7-5-16(6-8-17)13-15(2)18-9-10-19-20(14-18)25-12-4-11-24-19/h5-10,13-14H,3-4,11-12H2,1-2H3/b15-13+. The van der Waals surface area contributed by atoms with Crippen LogP contribution in [0.2, 0.25) is 0 Å². The molecule has 2 aromatic rings. The second kappa shape index (κ2) is 8.63. The van der Waals surface area contributed by atoms with Gasteiger partial charge in [-0.2, -0.15) is 0 Å². The Balaban J connectivity index is 1.79. The minimum Gasteiger partial charge on any atom is -0.462 e. The van der Waals surface area contributed by atoms with E-state index in [4.69, 9.17) is 4.74 Å². The molecule has 0 bridgehead atoms. The molecule has 2 nitrogen and oxygen atoms in total. The fraction of sp³-hybridized carbons (Fsp3) is 0.286. The van der Waals surface area contributed by atoms with E-state index in [0.29, 0.717) is 12.2 Å². The van der Waals surface area contributed by atoms with Crippen LogP contribution in [-0.2, 0) is 4.74 Å². The Kier molecular flexibility index (Phi) is 6.27. The van der Waals surface area contributed by atoms with Crippen molar-refractivity contribution < 1.29 is 9.53 Å². The molecule has 130 valence electrons. The smallest absolute Gasteiger partial charge is 0.338 e. The van der Waals surface area contributed by atoms with Gasteiger partial charge in [-0.25, -0.2) is 4.79 Å². The van der Waals surface area contributed by atoms with Gasteiger partial charge < -0.3 is 4.74 Å². The van der Waals surface area contributed by atoms with E-state index in [0.717, 1.165) is 5.56 Å². The molecule has 3 rings (SSSR count). The van der Waals surface area contributed by atoms with E-state index in [2.05, 4.69) is 31.2 Å². The van der Waals surface area contributed by atoms with E-state index in [1.807, 2.05) is 54.7 Å². The molecule has 0 spiro atoms. The predicted octanol–water partition coefficient (Wildman–Crippen LogP) is 6.01. The summed E-state index contributed by atoms with van der Waals surface area (Å²) in [5, 5.41) is 0. The molecule has 1 aliphatic rings. The molecule has 0 atom stereocenters. The first-order chi connectivity index (χ1) is 12.2. The molecule has 0 fully saturated rings. The number of allylic oxidation sites excluding steroid dienone is 1. The summed E-state index contributed by atoms with van der Waals surface area (Å²) in [6.45, 7) is 4.35. The van der Waals surface area contributed by atoms with E-state index in [-0.39, 0.29) is 5.97 Å². The summed E-state index contributed by atoms with van der Waals surface area (Å²) >= 11 is 3.92. The number of fused-ring (bicyclic) bond motifs is 1. The first-order valence-electron chi connectivity index (χ1n) is 8.53. The van der Waals surface area contributed by atoms with Crippen LogP contribution >= 0.6 is 23.5 Å². The minimum absolute atomic E-state index is 0.268. The van der Waals surface area contributed by atoms with E-state index in [1.54, 1.807) is 0 Å². The largest absolute Gasteiger partial charge is 0.462 e. The number of esters is 1. The Bertz CT molecular complexity index is 779. The van der Waals surface area contributed by atoms with Crippen molar-refractivity contribution in [3.8, 4) is 0 Å². The number of hydrogen-bond acceptors (Lipinski definition) is 4. The van der Waals surface area contributed by atoms with Gasteiger partial charge in [0.1, 0.15) is 0 Å². The lowest BCUT2D eigenvalue weighted by Gasteiger charge is -2.09. The van der Waals surface area contributed by atoms with Gasteiger partial charge in [0.15, 0.2) is 0 Å². The van der Waals surface area contributed by atoms with Crippen LogP contribution in [0.15, 0.2) is 52.3 Å². The molecule has 0 saturated heterocycles. The van der Waals surface area contributed by atoms with Gasteiger partial charge >= 0.3 is 5.97 Å². The number of carbonyl (C=O) groups is 1. The number of benzene rings is 2. The minimum atomic E-state index is -0.268. The molecular formula is C21H22O2S2. The normalized spacial score (nSPS) is 14.6. The van der Waals surface area contributed by atoms with Crippen molar-refractivity contribution >= 4 is 41.1 Å². The lowest BCUT2D eigenvalue weighted by Crippen LogP contribution is -2.03. The molecular weight excluding hydrogens is 348 g/mol. The molecule has 0 N–H and O–H groups in total. The third kappa shape index (κ3) is 4.71. The van der Waals surface area contributed by atoms with Crippen molar-refractivity contribution in [2.75, 3.05) is 18.1 Å². The first-order valence-corrected chi connectivity index (χ1v) is 10.5. The molecule has 0 saturated carbocycles. The van der Waals surface area contributed by atoms with Crippen LogP contribution in [0.3, 0.4) is 0 Å². The van der Waals surface area contributed by atoms with Crippen LogP contribution in [0.5, 0.6) is 0 Å². The second-order valence-corrected chi connectivity index (χ2v) is 8.16. The summed E-state index contributed by atoms with van der Waals surface area (Å²) < 4.78 is 5.02. The highest BCUT2D eigenvalue weighted by atomic mass is 32.2. The van der Waals surface area contributed by atoms with E-state index in [9.17, 15) is 4.79 Å². The number of hydrogen-bond donors (Lipinski definition) is 0. The summed E-state index contributed by atoms with van der Waals surface area (Å²) in [4.78, 5) is 14.5. The lowest BCUT2D eigenvalue weighted by atomic mass is 10.0. The van der Waals surface area contributed by atoms with Crippen LogP contribution < -0.4 is 0 Å². The van der Waals surface area contributed by atoms with Crippen LogP contribution in [0, 0.1) is 0 Å². The Morgan fingerprint density at radius 1 is 1.04 bits per heavy atom. The van der Waals surface area contributed by atoms with Crippen molar-refractivity contribution in [3.05, 3.63) is 59.2 Å². The Morgan fingerprint density at radius 3 is 2.44 bits per heavy atom. The SMILES string of the molecule is CCOC(=O)c1ccc(/C=C(\C)c2ccc3c(c2)SCCCS3)cc1. The Morgan fingerprint density at radius 2 is 1.72 bits per heavy atom.